The van der Waals surface area contributed by atoms with Gasteiger partial charge in [0.1, 0.15) is 11.9 Å². The molecule has 0 bridgehead atoms. The van der Waals surface area contributed by atoms with E-state index >= 15 is 0 Å². The molecule has 1 aromatic carbocycles. The second-order valence-electron chi connectivity index (χ2n) is 3.16. The summed E-state index contributed by atoms with van der Waals surface area (Å²) in [6.45, 7) is 0. The van der Waals surface area contributed by atoms with Gasteiger partial charge >= 0.3 is 0 Å². The summed E-state index contributed by atoms with van der Waals surface area (Å²) < 4.78 is 5.19. The van der Waals surface area contributed by atoms with Crippen molar-refractivity contribution in [1.82, 2.24) is 0 Å². The van der Waals surface area contributed by atoms with Crippen molar-refractivity contribution in [3.05, 3.63) is 54.0 Å². The van der Waals surface area contributed by atoms with Crippen LogP contribution in [0.1, 0.15) is 17.4 Å². The van der Waals surface area contributed by atoms with Crippen LogP contribution in [0.5, 0.6) is 0 Å². The van der Waals surface area contributed by atoms with E-state index in [1.165, 1.54) is 0 Å². The first-order valence-electron chi connectivity index (χ1n) is 4.67. The van der Waals surface area contributed by atoms with Crippen molar-refractivity contribution in [1.29, 1.82) is 0 Å². The van der Waals surface area contributed by atoms with E-state index in [2.05, 4.69) is 0 Å². The number of aliphatic hydroxyl groups excluding tert-OH is 1. The zero-order chi connectivity index (χ0) is 10.7. The van der Waals surface area contributed by atoms with Gasteiger partial charge in [-0.25, -0.2) is 0 Å². The van der Waals surface area contributed by atoms with Gasteiger partial charge in [-0.2, -0.15) is 0 Å². The maximum Gasteiger partial charge on any atom is 0.138 e. The molecule has 0 aliphatic heterocycles. The maximum absolute atomic E-state index is 10.1. The molecule has 2 nitrogen and oxygen atoms in total. The summed E-state index contributed by atoms with van der Waals surface area (Å²) in [5.74, 6) is 0.580. The van der Waals surface area contributed by atoms with Gasteiger partial charge in [-0.1, -0.05) is 18.2 Å². The van der Waals surface area contributed by atoms with Gasteiger partial charge < -0.3 is 9.52 Å². The summed E-state index contributed by atoms with van der Waals surface area (Å²) in [5.41, 5.74) is 0.889. The average Bonchev–Trinajstić information content (AvgIpc) is 2.81. The Kier molecular flexibility index (Phi) is 3.14. The van der Waals surface area contributed by atoms with Gasteiger partial charge in [-0.3, -0.25) is 0 Å². The monoisotopic (exact) mass is 220 g/mol. The lowest BCUT2D eigenvalue weighted by atomic mass is 10.1. The smallest absolute Gasteiger partial charge is 0.138 e. The molecular weight excluding hydrogens is 208 g/mol. The Bertz CT molecular complexity index is 423. The van der Waals surface area contributed by atoms with Gasteiger partial charge in [0.05, 0.1) is 6.26 Å². The van der Waals surface area contributed by atoms with Crippen molar-refractivity contribution in [2.45, 2.75) is 11.0 Å². The molecule has 2 rings (SSSR count). The third-order valence-electron chi connectivity index (χ3n) is 2.25. The number of aliphatic hydroxyl groups is 1. The standard InChI is InChI=1S/C12H12O2S/c1-15-11-7-3-2-5-9(11)12(13)10-6-4-8-14-10/h2-8,12-13H,1H3/t12-/m1/s1. The van der Waals surface area contributed by atoms with Crippen molar-refractivity contribution < 1.29 is 9.52 Å². The molecule has 0 aliphatic rings. The zero-order valence-electron chi connectivity index (χ0n) is 8.38. The minimum Gasteiger partial charge on any atom is -0.466 e. The molecule has 78 valence electrons. The Balaban J connectivity index is 2.37. The fourth-order valence-electron chi connectivity index (χ4n) is 1.49. The summed E-state index contributed by atoms with van der Waals surface area (Å²) in [5, 5.41) is 10.1. The second kappa shape index (κ2) is 4.55. The molecule has 1 N–H and O–H groups in total. The normalized spacial score (nSPS) is 12.7. The predicted molar refractivity (Wildman–Crippen MR) is 61.0 cm³/mol. The first kappa shape index (κ1) is 10.3. The second-order valence-corrected chi connectivity index (χ2v) is 4.01. The van der Waals surface area contributed by atoms with Crippen molar-refractivity contribution in [3.63, 3.8) is 0 Å². The molecule has 0 saturated carbocycles. The summed E-state index contributed by atoms with van der Waals surface area (Å²) >= 11 is 1.62. The van der Waals surface area contributed by atoms with Gasteiger partial charge in [-0.15, -0.1) is 11.8 Å². The first-order valence-corrected chi connectivity index (χ1v) is 5.90. The maximum atomic E-state index is 10.1. The highest BCUT2D eigenvalue weighted by Gasteiger charge is 2.15. The average molecular weight is 220 g/mol. The molecule has 1 aromatic heterocycles. The van der Waals surface area contributed by atoms with Crippen molar-refractivity contribution in [2.24, 2.45) is 0 Å². The van der Waals surface area contributed by atoms with Gasteiger partial charge in [0.25, 0.3) is 0 Å². The van der Waals surface area contributed by atoms with Crippen molar-refractivity contribution >= 4 is 11.8 Å². The largest absolute Gasteiger partial charge is 0.466 e. The van der Waals surface area contributed by atoms with E-state index in [4.69, 9.17) is 4.42 Å². The van der Waals surface area contributed by atoms with Crippen LogP contribution in [0.15, 0.2) is 52.0 Å². The van der Waals surface area contributed by atoms with Crippen LogP contribution in [-0.4, -0.2) is 11.4 Å². The Hall–Kier alpha value is -1.19. The van der Waals surface area contributed by atoms with Gasteiger partial charge in [0.2, 0.25) is 0 Å². The van der Waals surface area contributed by atoms with Crippen LogP contribution in [0.3, 0.4) is 0 Å². The fraction of sp³-hybridized carbons (Fsp3) is 0.167. The number of thioether (sulfide) groups is 1. The SMILES string of the molecule is CSc1ccccc1[C@@H](O)c1ccco1. The van der Waals surface area contributed by atoms with E-state index in [1.54, 1.807) is 30.2 Å². The van der Waals surface area contributed by atoms with E-state index in [9.17, 15) is 5.11 Å². The molecule has 0 unspecified atom stereocenters. The highest BCUT2D eigenvalue weighted by Crippen LogP contribution is 2.29. The van der Waals surface area contributed by atoms with Crippen molar-refractivity contribution in [3.8, 4) is 0 Å². The molecule has 3 heteroatoms. The minimum absolute atomic E-state index is 0.580. The van der Waals surface area contributed by atoms with Crippen LogP contribution in [0.25, 0.3) is 0 Å². The number of hydrogen-bond donors (Lipinski definition) is 1. The Morgan fingerprint density at radius 2 is 2.00 bits per heavy atom. The summed E-state index contributed by atoms with van der Waals surface area (Å²) in [4.78, 5) is 1.07. The third-order valence-corrected chi connectivity index (χ3v) is 3.06. The molecule has 0 spiro atoms. The summed E-state index contributed by atoms with van der Waals surface area (Å²) in [6.07, 6.45) is 2.89. The van der Waals surface area contributed by atoms with Gasteiger partial charge in [0, 0.05) is 10.5 Å². The minimum atomic E-state index is -0.677. The Morgan fingerprint density at radius 1 is 1.20 bits per heavy atom. The lowest BCUT2D eigenvalue weighted by Crippen LogP contribution is -1.99. The lowest BCUT2D eigenvalue weighted by molar-refractivity contribution is 0.186. The van der Waals surface area contributed by atoms with E-state index < -0.39 is 6.10 Å². The molecule has 0 aliphatic carbocycles. The van der Waals surface area contributed by atoms with Gasteiger partial charge in [-0.05, 0) is 24.5 Å². The molecule has 0 saturated heterocycles. The quantitative estimate of drug-likeness (QED) is 0.807. The van der Waals surface area contributed by atoms with E-state index in [0.29, 0.717) is 5.76 Å². The Morgan fingerprint density at radius 3 is 2.67 bits per heavy atom. The highest BCUT2D eigenvalue weighted by molar-refractivity contribution is 7.98. The molecule has 0 radical (unpaired) electrons. The third kappa shape index (κ3) is 2.08. The molecule has 1 atom stereocenters. The molecular formula is C12H12O2S. The van der Waals surface area contributed by atoms with Crippen LogP contribution in [0, 0.1) is 0 Å². The summed E-state index contributed by atoms with van der Waals surface area (Å²) in [6, 6.07) is 11.3. The van der Waals surface area contributed by atoms with E-state index in [0.717, 1.165) is 10.5 Å². The zero-order valence-corrected chi connectivity index (χ0v) is 9.20. The van der Waals surface area contributed by atoms with Crippen molar-refractivity contribution in [2.75, 3.05) is 6.26 Å². The fourth-order valence-corrected chi connectivity index (χ4v) is 2.12. The lowest BCUT2D eigenvalue weighted by Gasteiger charge is -2.11. The van der Waals surface area contributed by atoms with E-state index in [1.807, 2.05) is 30.5 Å². The van der Waals surface area contributed by atoms with Crippen LogP contribution in [0.2, 0.25) is 0 Å². The molecule has 0 fully saturated rings. The van der Waals surface area contributed by atoms with Crippen LogP contribution < -0.4 is 0 Å². The number of benzene rings is 1. The summed E-state index contributed by atoms with van der Waals surface area (Å²) in [7, 11) is 0. The number of rotatable bonds is 3. The van der Waals surface area contributed by atoms with E-state index in [-0.39, 0.29) is 0 Å². The highest BCUT2D eigenvalue weighted by atomic mass is 32.2. The van der Waals surface area contributed by atoms with Crippen LogP contribution >= 0.6 is 11.8 Å². The van der Waals surface area contributed by atoms with Crippen LogP contribution in [0.4, 0.5) is 0 Å². The number of hydrogen-bond acceptors (Lipinski definition) is 3. The number of furan rings is 1. The topological polar surface area (TPSA) is 33.4 Å². The molecule has 15 heavy (non-hydrogen) atoms. The van der Waals surface area contributed by atoms with Gasteiger partial charge in [0.15, 0.2) is 0 Å². The first-order chi connectivity index (χ1) is 7.33. The predicted octanol–water partition coefficient (Wildman–Crippen LogP) is 3.08. The Labute approximate surface area is 92.9 Å². The van der Waals surface area contributed by atoms with Crippen LogP contribution in [-0.2, 0) is 0 Å². The molecule has 0 amide bonds. The molecule has 1 heterocycles. The molecule has 2 aromatic rings.